The number of benzene rings is 2. The van der Waals surface area contributed by atoms with Crippen molar-refractivity contribution >= 4 is 17.5 Å². The number of aliphatic hydroxyl groups excluding tert-OH is 1. The van der Waals surface area contributed by atoms with Crippen LogP contribution >= 0.6 is 0 Å². The smallest absolute Gasteiger partial charge is 0.343 e. The highest BCUT2D eigenvalue weighted by atomic mass is 16.5. The molecule has 0 aliphatic carbocycles. The summed E-state index contributed by atoms with van der Waals surface area (Å²) < 4.78 is 10.5. The molecule has 0 aromatic heterocycles. The molecule has 2 aromatic carbocycles. The summed E-state index contributed by atoms with van der Waals surface area (Å²) in [6.45, 7) is 4.25. The molecule has 6 heteroatoms. The maximum Gasteiger partial charge on any atom is 0.343 e. The van der Waals surface area contributed by atoms with Crippen LogP contribution in [0.2, 0.25) is 0 Å². The van der Waals surface area contributed by atoms with Crippen LogP contribution in [0, 0.1) is 11.3 Å². The van der Waals surface area contributed by atoms with Gasteiger partial charge in [0.15, 0.2) is 0 Å². The molecule has 0 fully saturated rings. The van der Waals surface area contributed by atoms with E-state index < -0.39 is 11.9 Å². The Labute approximate surface area is 170 Å². The topological polar surface area (TPSA) is 96.6 Å². The van der Waals surface area contributed by atoms with E-state index in [0.717, 1.165) is 25.7 Å². The van der Waals surface area contributed by atoms with E-state index in [1.54, 1.807) is 36.4 Å². The van der Waals surface area contributed by atoms with Gasteiger partial charge in [0.05, 0.1) is 29.4 Å². The van der Waals surface area contributed by atoms with E-state index in [2.05, 4.69) is 6.58 Å². The third-order valence-electron chi connectivity index (χ3n) is 4.20. The zero-order valence-corrected chi connectivity index (χ0v) is 16.1. The summed E-state index contributed by atoms with van der Waals surface area (Å²) in [5.41, 5.74) is 1.60. The molecule has 0 unspecified atom stereocenters. The van der Waals surface area contributed by atoms with E-state index in [1.165, 1.54) is 12.1 Å². The first kappa shape index (κ1) is 21.9. The molecule has 0 spiro atoms. The molecule has 0 amide bonds. The van der Waals surface area contributed by atoms with Crippen molar-refractivity contribution in [3.05, 3.63) is 71.8 Å². The van der Waals surface area contributed by atoms with E-state index in [-0.39, 0.29) is 12.2 Å². The Hall–Kier alpha value is -3.43. The molecule has 0 atom stereocenters. The van der Waals surface area contributed by atoms with Gasteiger partial charge in [-0.3, -0.25) is 0 Å². The van der Waals surface area contributed by atoms with Gasteiger partial charge in [0, 0.05) is 6.61 Å². The molecule has 0 aliphatic rings. The van der Waals surface area contributed by atoms with Gasteiger partial charge in [-0.1, -0.05) is 25.1 Å². The number of hydrogen-bond acceptors (Lipinski definition) is 6. The maximum absolute atomic E-state index is 12.1. The first-order valence-corrected chi connectivity index (χ1v) is 9.35. The first-order valence-electron chi connectivity index (χ1n) is 9.35. The van der Waals surface area contributed by atoms with E-state index >= 15 is 0 Å². The van der Waals surface area contributed by atoms with Crippen LogP contribution in [0.5, 0.6) is 5.75 Å². The molecular weight excluding hydrogens is 370 g/mol. The number of esters is 2. The molecule has 29 heavy (non-hydrogen) atoms. The summed E-state index contributed by atoms with van der Waals surface area (Å²) in [4.78, 5) is 24.2. The van der Waals surface area contributed by atoms with Crippen LogP contribution in [-0.2, 0) is 9.53 Å². The van der Waals surface area contributed by atoms with Crippen molar-refractivity contribution in [2.45, 2.75) is 25.7 Å². The zero-order valence-electron chi connectivity index (χ0n) is 16.1. The SMILES string of the molecule is C=C(C(=O)OCCCCCCO)c1ccc(OC(=O)c2ccc(C#N)cc2)cc1. The summed E-state index contributed by atoms with van der Waals surface area (Å²) in [5, 5.41) is 17.5. The Morgan fingerprint density at radius 2 is 1.55 bits per heavy atom. The van der Waals surface area contributed by atoms with Crippen LogP contribution in [0.15, 0.2) is 55.1 Å². The van der Waals surface area contributed by atoms with Gasteiger partial charge in [-0.25, -0.2) is 9.59 Å². The van der Waals surface area contributed by atoms with Gasteiger partial charge in [-0.15, -0.1) is 0 Å². The highest BCUT2D eigenvalue weighted by Gasteiger charge is 2.12. The third-order valence-corrected chi connectivity index (χ3v) is 4.20. The van der Waals surface area contributed by atoms with Crippen LogP contribution in [0.3, 0.4) is 0 Å². The lowest BCUT2D eigenvalue weighted by Crippen LogP contribution is -2.09. The molecule has 0 saturated heterocycles. The molecule has 0 bridgehead atoms. The molecule has 0 radical (unpaired) electrons. The summed E-state index contributed by atoms with van der Waals surface area (Å²) in [6.07, 6.45) is 3.28. The second kappa shape index (κ2) is 11.4. The summed E-state index contributed by atoms with van der Waals surface area (Å²) in [7, 11) is 0. The summed E-state index contributed by atoms with van der Waals surface area (Å²) >= 11 is 0. The van der Waals surface area contributed by atoms with Crippen molar-refractivity contribution in [1.82, 2.24) is 0 Å². The van der Waals surface area contributed by atoms with E-state index in [0.29, 0.717) is 29.0 Å². The fourth-order valence-corrected chi connectivity index (χ4v) is 2.51. The quantitative estimate of drug-likeness (QED) is 0.285. The third kappa shape index (κ3) is 6.91. The number of ether oxygens (including phenoxy) is 2. The van der Waals surface area contributed by atoms with Crippen molar-refractivity contribution in [1.29, 1.82) is 5.26 Å². The van der Waals surface area contributed by atoms with Crippen LogP contribution in [0.4, 0.5) is 0 Å². The van der Waals surface area contributed by atoms with Gasteiger partial charge in [0.25, 0.3) is 0 Å². The average molecular weight is 393 g/mol. The fourth-order valence-electron chi connectivity index (χ4n) is 2.51. The molecule has 0 saturated carbocycles. The molecule has 150 valence electrons. The monoisotopic (exact) mass is 393 g/mol. The molecular formula is C23H23NO5. The van der Waals surface area contributed by atoms with E-state index in [9.17, 15) is 9.59 Å². The zero-order chi connectivity index (χ0) is 21.1. The maximum atomic E-state index is 12.1. The molecule has 2 aromatic rings. The standard InChI is InChI=1S/C23H23NO5/c1-17(22(26)28-15-5-3-2-4-14-25)19-10-12-21(13-11-19)29-23(27)20-8-6-18(16-24)7-9-20/h6-13,25H,1-5,14-15H2. The Balaban J connectivity index is 1.85. The molecule has 6 nitrogen and oxygen atoms in total. The summed E-state index contributed by atoms with van der Waals surface area (Å²) in [6, 6.07) is 14.5. The number of unbranched alkanes of at least 4 members (excludes halogenated alkanes) is 3. The number of nitriles is 1. The van der Waals surface area contributed by atoms with Gasteiger partial charge in [0.2, 0.25) is 0 Å². The van der Waals surface area contributed by atoms with Gasteiger partial charge in [0.1, 0.15) is 5.75 Å². The van der Waals surface area contributed by atoms with Crippen molar-refractivity contribution in [3.63, 3.8) is 0 Å². The van der Waals surface area contributed by atoms with Gasteiger partial charge in [-0.2, -0.15) is 5.26 Å². The van der Waals surface area contributed by atoms with Crippen molar-refractivity contribution < 1.29 is 24.2 Å². The number of nitrogens with zero attached hydrogens (tertiary/aromatic N) is 1. The number of rotatable bonds is 10. The summed E-state index contributed by atoms with van der Waals surface area (Å²) in [5.74, 6) is -0.704. The molecule has 1 N–H and O–H groups in total. The van der Waals surface area contributed by atoms with Crippen LogP contribution < -0.4 is 4.74 Å². The molecule has 0 heterocycles. The number of hydrogen-bond donors (Lipinski definition) is 1. The normalized spacial score (nSPS) is 10.1. The predicted octanol–water partition coefficient (Wildman–Crippen LogP) is 3.89. The van der Waals surface area contributed by atoms with Crippen molar-refractivity contribution in [2.75, 3.05) is 13.2 Å². The van der Waals surface area contributed by atoms with Crippen LogP contribution in [0.25, 0.3) is 5.57 Å². The lowest BCUT2D eigenvalue weighted by atomic mass is 10.1. The highest BCUT2D eigenvalue weighted by molar-refractivity contribution is 6.15. The van der Waals surface area contributed by atoms with Gasteiger partial charge < -0.3 is 14.6 Å². The van der Waals surface area contributed by atoms with Crippen LogP contribution in [-0.4, -0.2) is 30.3 Å². The number of carbonyl (C=O) groups is 2. The predicted molar refractivity (Wildman–Crippen MR) is 108 cm³/mol. The number of aliphatic hydroxyl groups is 1. The fraction of sp³-hybridized carbons (Fsp3) is 0.261. The highest BCUT2D eigenvalue weighted by Crippen LogP contribution is 2.20. The van der Waals surface area contributed by atoms with Crippen molar-refractivity contribution in [2.24, 2.45) is 0 Å². The Kier molecular flexibility index (Phi) is 8.61. The number of carbonyl (C=O) groups excluding carboxylic acids is 2. The molecule has 0 aliphatic heterocycles. The minimum absolute atomic E-state index is 0.176. The minimum atomic E-state index is -0.540. The Bertz CT molecular complexity index is 879. The van der Waals surface area contributed by atoms with Gasteiger partial charge in [-0.05, 0) is 61.2 Å². The lowest BCUT2D eigenvalue weighted by molar-refractivity contribution is -0.136. The van der Waals surface area contributed by atoms with Crippen LogP contribution in [0.1, 0.15) is 47.2 Å². The second-order valence-electron chi connectivity index (χ2n) is 6.36. The second-order valence-corrected chi connectivity index (χ2v) is 6.36. The van der Waals surface area contributed by atoms with E-state index in [4.69, 9.17) is 19.8 Å². The van der Waals surface area contributed by atoms with E-state index in [1.807, 2.05) is 6.07 Å². The van der Waals surface area contributed by atoms with Gasteiger partial charge >= 0.3 is 11.9 Å². The Morgan fingerprint density at radius 1 is 0.931 bits per heavy atom. The first-order chi connectivity index (χ1) is 14.0. The lowest BCUT2D eigenvalue weighted by Gasteiger charge is -2.09. The largest absolute Gasteiger partial charge is 0.462 e. The minimum Gasteiger partial charge on any atom is -0.462 e. The van der Waals surface area contributed by atoms with Crippen molar-refractivity contribution in [3.8, 4) is 11.8 Å². The molecule has 2 rings (SSSR count). The Morgan fingerprint density at radius 3 is 2.17 bits per heavy atom. The average Bonchev–Trinajstić information content (AvgIpc) is 2.76.